The fraction of sp³-hybridized carbons (Fsp3) is 0.179. The van der Waals surface area contributed by atoms with Crippen molar-refractivity contribution in [2.75, 3.05) is 21.3 Å². The molecule has 0 aromatic heterocycles. The van der Waals surface area contributed by atoms with E-state index in [0.717, 1.165) is 27.8 Å². The predicted molar refractivity (Wildman–Crippen MR) is 295 cm³/mol. The van der Waals surface area contributed by atoms with Crippen molar-refractivity contribution in [2.45, 2.75) is 47.8 Å². The van der Waals surface area contributed by atoms with Crippen LogP contribution in [0.4, 0.5) is 0 Å². The summed E-state index contributed by atoms with van der Waals surface area (Å²) in [6, 6.07) is 43.3. The smallest absolute Gasteiger partial charge is 0.482 e. The summed E-state index contributed by atoms with van der Waals surface area (Å²) in [5.74, 6) is -0.883. The number of methoxy groups -OCH3 is 3. The zero-order valence-electron chi connectivity index (χ0n) is 42.1. The maximum Gasteiger partial charge on any atom is 0.482 e. The van der Waals surface area contributed by atoms with Crippen LogP contribution in [0.5, 0.6) is 17.2 Å². The summed E-state index contributed by atoms with van der Waals surface area (Å²) in [6.45, 7) is 14.7. The van der Waals surface area contributed by atoms with Crippen LogP contribution in [0.15, 0.2) is 179 Å². The van der Waals surface area contributed by atoms with Gasteiger partial charge in [0.05, 0.1) is 53.6 Å². The lowest BCUT2D eigenvalue weighted by atomic mass is 10.0. The van der Waals surface area contributed by atoms with E-state index in [1.54, 1.807) is 18.2 Å². The fourth-order valence-corrected chi connectivity index (χ4v) is 5.55. The van der Waals surface area contributed by atoms with Crippen molar-refractivity contribution < 1.29 is 68.6 Å². The number of rotatable bonds is 10. The average Bonchev–Trinajstić information content (AvgIpc) is 3.42. The molecule has 0 amide bonds. The van der Waals surface area contributed by atoms with Crippen molar-refractivity contribution in [3.63, 3.8) is 0 Å². The molecule has 0 unspecified atom stereocenters. The van der Waals surface area contributed by atoms with Gasteiger partial charge in [0, 0.05) is 5.56 Å². The van der Waals surface area contributed by atoms with Crippen LogP contribution in [0.25, 0.3) is 11.1 Å². The van der Waals surface area contributed by atoms with Crippen LogP contribution in [0.1, 0.15) is 87.9 Å². The monoisotopic (exact) mass is 1130 g/mol. The molecule has 6 rings (SSSR count). The molecule has 0 spiro atoms. The summed E-state index contributed by atoms with van der Waals surface area (Å²) in [5, 5.41) is 49.8. The van der Waals surface area contributed by atoms with E-state index in [9.17, 15) is 14.4 Å². The first kappa shape index (κ1) is 67.8. The quantitative estimate of drug-likeness (QED) is 0.0247. The van der Waals surface area contributed by atoms with Crippen LogP contribution in [-0.4, -0.2) is 83.9 Å². The van der Waals surface area contributed by atoms with E-state index >= 15 is 0 Å². The predicted octanol–water partition coefficient (Wildman–Crippen LogP) is 12.0. The first-order chi connectivity index (χ1) is 34.9. The highest BCUT2D eigenvalue weighted by molar-refractivity contribution is 9.11. The molecule has 389 valence electrons. The molecule has 0 fully saturated rings. The number of aromatic carboxylic acids is 1. The lowest BCUT2D eigenvalue weighted by molar-refractivity contribution is -0.126. The molecule has 6 N–H and O–H groups in total. The molecule has 0 saturated carbocycles. The van der Waals surface area contributed by atoms with Crippen LogP contribution in [0.3, 0.4) is 0 Å². The number of aromatic hydroxyl groups is 2. The summed E-state index contributed by atoms with van der Waals surface area (Å²) >= 11 is 6.17. The van der Waals surface area contributed by atoms with Crippen molar-refractivity contribution >= 4 is 75.1 Å². The average molecular weight is 1130 g/mol. The van der Waals surface area contributed by atoms with Crippen LogP contribution in [0, 0.1) is 0 Å². The molecule has 0 aliphatic carbocycles. The number of carbonyl (C=O) groups is 4. The molecule has 0 aliphatic rings. The third kappa shape index (κ3) is 30.9. The second kappa shape index (κ2) is 42.4. The Balaban J connectivity index is 0. The number of allylic oxidation sites excluding steroid dienone is 5. The zero-order chi connectivity index (χ0) is 55.6. The Labute approximate surface area is 446 Å². The van der Waals surface area contributed by atoms with E-state index in [2.05, 4.69) is 64.8 Å². The molecule has 14 nitrogen and oxygen atoms in total. The molecule has 0 saturated heterocycles. The van der Waals surface area contributed by atoms with Gasteiger partial charge in [0.25, 0.3) is 6.47 Å². The van der Waals surface area contributed by atoms with Gasteiger partial charge in [-0.3, -0.25) is 4.79 Å². The Morgan fingerprint density at radius 2 is 1.01 bits per heavy atom. The zero-order valence-corrected chi connectivity index (χ0v) is 45.2. The van der Waals surface area contributed by atoms with Crippen molar-refractivity contribution in [1.82, 2.24) is 0 Å². The van der Waals surface area contributed by atoms with Gasteiger partial charge in [0.15, 0.2) is 0 Å². The van der Waals surface area contributed by atoms with Crippen molar-refractivity contribution in [1.29, 1.82) is 0 Å². The van der Waals surface area contributed by atoms with Gasteiger partial charge in [-0.2, -0.15) is 0 Å². The van der Waals surface area contributed by atoms with E-state index in [0.29, 0.717) is 38.9 Å². The molecule has 0 heterocycles. The van der Waals surface area contributed by atoms with Crippen molar-refractivity contribution in [3.05, 3.63) is 218 Å². The molecular formula is C56H64BBr2O14. The maximum atomic E-state index is 11.1. The normalized spacial score (nSPS) is 9.47. The first-order valence-electron chi connectivity index (χ1n) is 21.7. The van der Waals surface area contributed by atoms with E-state index in [4.69, 9.17) is 40.0 Å². The Hall–Kier alpha value is -7.28. The number of phenolic OH excluding ortho intramolecular Hbond substituents is 2. The molecule has 6 aromatic rings. The van der Waals surface area contributed by atoms with Gasteiger partial charge in [0.2, 0.25) is 0 Å². The van der Waals surface area contributed by atoms with Gasteiger partial charge in [0.1, 0.15) is 23.9 Å². The number of esters is 2. The number of carboxylic acid groups (broad SMARTS) is 1. The van der Waals surface area contributed by atoms with Gasteiger partial charge in [-0.25, -0.2) is 14.4 Å². The molecule has 0 bridgehead atoms. The minimum absolute atomic E-state index is 0. The lowest BCUT2D eigenvalue weighted by Crippen LogP contribution is -2.01. The van der Waals surface area contributed by atoms with Gasteiger partial charge >= 0.3 is 25.6 Å². The third-order valence-corrected chi connectivity index (χ3v) is 10.1. The van der Waals surface area contributed by atoms with E-state index < -0.39 is 17.9 Å². The largest absolute Gasteiger partial charge is 0.507 e. The number of halogens is 2. The fourth-order valence-electron chi connectivity index (χ4n) is 4.80. The van der Waals surface area contributed by atoms with E-state index in [1.807, 2.05) is 132 Å². The SMILES string of the molecule is C/C=C(/C)c1cc(C(=O)O)ccc1OCc1ccccc1.C/C=C/C.C=C(C)c1ccccc1.COC(=O)c1ccc(O)c(Br)c1.COC(=O)c1ccc(O)c(Br)c1.COC=O.OCc1ccccc1.O[B]O. The van der Waals surface area contributed by atoms with Crippen molar-refractivity contribution in [2.24, 2.45) is 0 Å². The number of carbonyl (C=O) groups excluding carboxylic acids is 3. The Morgan fingerprint density at radius 1 is 0.616 bits per heavy atom. The highest BCUT2D eigenvalue weighted by Crippen LogP contribution is 2.29. The van der Waals surface area contributed by atoms with E-state index in [1.165, 1.54) is 63.3 Å². The standard InChI is InChI=1S/C18H18O3.C9H10.2C8H7BrO3.C7H8O.C4H8.C2H4O2.BH2O2/c1-3-13(2)16-11-15(18(19)20)9-10-17(16)21-12-14-7-5-4-6-8-14;1-8(2)9-6-4-3-5-7-9;2*1-12-8(11)5-2-3-7(10)6(9)4-5;8-6-7-4-2-1-3-5-7;1-3-4-2;1-4-2-3;2-1-3/h3-11H,12H2,1-2H3,(H,19,20);3-7H,1H2,2H3;2*2-4,10H,1H3;1-5,8H,6H2;3-4H,1-2H3;2H,1H3;2-3H/b13-3-;;;;;4-3+;;. The summed E-state index contributed by atoms with van der Waals surface area (Å²) in [5.41, 5.74) is 7.25. The summed E-state index contributed by atoms with van der Waals surface area (Å²) in [4.78, 5) is 42.0. The minimum Gasteiger partial charge on any atom is -0.507 e. The number of hydrogen-bond donors (Lipinski definition) is 6. The third-order valence-electron chi connectivity index (χ3n) is 8.78. The second-order valence-electron chi connectivity index (χ2n) is 14.0. The highest BCUT2D eigenvalue weighted by atomic mass is 79.9. The highest BCUT2D eigenvalue weighted by Gasteiger charge is 2.11. The molecule has 73 heavy (non-hydrogen) atoms. The molecule has 0 atom stereocenters. The number of carboxylic acids is 1. The number of ether oxygens (including phenoxy) is 4. The number of hydrogen-bond acceptors (Lipinski definition) is 13. The first-order valence-corrected chi connectivity index (χ1v) is 23.3. The van der Waals surface area contributed by atoms with Gasteiger partial charge in [-0.05, 0) is 143 Å². The lowest BCUT2D eigenvalue weighted by Gasteiger charge is -2.13. The van der Waals surface area contributed by atoms with Gasteiger partial charge < -0.3 is 49.4 Å². The molecule has 17 heteroatoms. The summed E-state index contributed by atoms with van der Waals surface area (Å²) in [6.07, 6.45) is 5.94. The Morgan fingerprint density at radius 3 is 1.32 bits per heavy atom. The maximum absolute atomic E-state index is 11.1. The number of aliphatic hydroxyl groups excluding tert-OH is 1. The molecular weight excluding hydrogens is 1070 g/mol. The molecule has 6 aromatic carbocycles. The topological polar surface area (TPSA) is 227 Å². The summed E-state index contributed by atoms with van der Waals surface area (Å²) in [7, 11) is 3.93. The van der Waals surface area contributed by atoms with E-state index in [-0.39, 0.29) is 31.4 Å². The van der Waals surface area contributed by atoms with Gasteiger partial charge in [-0.1, -0.05) is 121 Å². The summed E-state index contributed by atoms with van der Waals surface area (Å²) < 4.78 is 19.6. The van der Waals surface area contributed by atoms with Gasteiger partial charge in [-0.15, -0.1) is 0 Å². The van der Waals surface area contributed by atoms with Crippen LogP contribution >= 0.6 is 31.9 Å². The Kier molecular flexibility index (Phi) is 39.4. The molecule has 0 aliphatic heterocycles. The molecule has 1 radical (unpaired) electrons. The van der Waals surface area contributed by atoms with Crippen LogP contribution in [0.2, 0.25) is 0 Å². The van der Waals surface area contributed by atoms with Crippen LogP contribution in [-0.2, 0) is 32.2 Å². The number of aliphatic hydroxyl groups is 1. The van der Waals surface area contributed by atoms with Crippen molar-refractivity contribution in [3.8, 4) is 17.2 Å². The Bertz CT molecular complexity index is 2490. The second-order valence-corrected chi connectivity index (χ2v) is 15.7. The minimum atomic E-state index is -0.935. The van der Waals surface area contributed by atoms with Crippen LogP contribution < -0.4 is 4.74 Å². The number of phenols is 2. The number of benzene rings is 6.